The van der Waals surface area contributed by atoms with E-state index in [2.05, 4.69) is 0 Å². The Morgan fingerprint density at radius 1 is 1.43 bits per heavy atom. The van der Waals surface area contributed by atoms with Crippen molar-refractivity contribution < 1.29 is 9.53 Å². The summed E-state index contributed by atoms with van der Waals surface area (Å²) in [6.07, 6.45) is 0.213. The standard InChI is InChI=1S/C10H22N2O2/c1-8(2)14-6-5-12(4)10(13)9(3)7-11/h8-9H,5-7,11H2,1-4H3. The summed E-state index contributed by atoms with van der Waals surface area (Å²) in [5.74, 6) is -0.0149. The van der Waals surface area contributed by atoms with Crippen LogP contribution in [0.2, 0.25) is 0 Å². The van der Waals surface area contributed by atoms with E-state index in [0.717, 1.165) is 0 Å². The van der Waals surface area contributed by atoms with Crippen LogP contribution in [0.3, 0.4) is 0 Å². The summed E-state index contributed by atoms with van der Waals surface area (Å²) in [5, 5.41) is 0. The molecule has 1 unspecified atom stereocenters. The fourth-order valence-corrected chi connectivity index (χ4v) is 1.01. The van der Waals surface area contributed by atoms with Crippen molar-refractivity contribution >= 4 is 5.91 Å². The Hall–Kier alpha value is -0.610. The Morgan fingerprint density at radius 2 is 2.00 bits per heavy atom. The van der Waals surface area contributed by atoms with Crippen LogP contribution in [0.15, 0.2) is 0 Å². The molecule has 1 amide bonds. The third-order valence-electron chi connectivity index (χ3n) is 2.03. The lowest BCUT2D eigenvalue weighted by Gasteiger charge is -2.21. The number of carbonyl (C=O) groups is 1. The molecule has 0 aromatic rings. The quantitative estimate of drug-likeness (QED) is 0.681. The van der Waals surface area contributed by atoms with Gasteiger partial charge in [0.15, 0.2) is 0 Å². The third-order valence-corrected chi connectivity index (χ3v) is 2.03. The molecular formula is C10H22N2O2. The van der Waals surface area contributed by atoms with Crippen LogP contribution in [-0.2, 0) is 9.53 Å². The maximum absolute atomic E-state index is 11.5. The van der Waals surface area contributed by atoms with Crippen LogP contribution in [0.1, 0.15) is 20.8 Å². The summed E-state index contributed by atoms with van der Waals surface area (Å²) in [4.78, 5) is 13.2. The number of ether oxygens (including phenoxy) is 1. The molecule has 0 aliphatic rings. The number of carbonyl (C=O) groups excluding carboxylic acids is 1. The van der Waals surface area contributed by atoms with Crippen molar-refractivity contribution in [3.63, 3.8) is 0 Å². The summed E-state index contributed by atoms with van der Waals surface area (Å²) in [5.41, 5.74) is 5.41. The van der Waals surface area contributed by atoms with E-state index in [1.807, 2.05) is 20.8 Å². The van der Waals surface area contributed by atoms with Gasteiger partial charge in [-0.1, -0.05) is 6.92 Å². The van der Waals surface area contributed by atoms with E-state index in [-0.39, 0.29) is 17.9 Å². The van der Waals surface area contributed by atoms with Gasteiger partial charge in [0.05, 0.1) is 12.7 Å². The number of likely N-dealkylation sites (N-methyl/N-ethyl adjacent to an activating group) is 1. The third kappa shape index (κ3) is 5.19. The number of hydrogen-bond acceptors (Lipinski definition) is 3. The number of nitrogens with two attached hydrogens (primary N) is 1. The minimum atomic E-state index is -0.0981. The molecule has 0 heterocycles. The van der Waals surface area contributed by atoms with Crippen molar-refractivity contribution in [2.75, 3.05) is 26.7 Å². The van der Waals surface area contributed by atoms with Gasteiger partial charge < -0.3 is 15.4 Å². The number of amides is 1. The van der Waals surface area contributed by atoms with Crippen LogP contribution in [-0.4, -0.2) is 43.7 Å². The highest BCUT2D eigenvalue weighted by Gasteiger charge is 2.15. The second-order valence-corrected chi connectivity index (χ2v) is 3.82. The summed E-state index contributed by atoms with van der Waals surface area (Å²) < 4.78 is 5.35. The smallest absolute Gasteiger partial charge is 0.226 e. The van der Waals surface area contributed by atoms with E-state index in [4.69, 9.17) is 10.5 Å². The monoisotopic (exact) mass is 202 g/mol. The van der Waals surface area contributed by atoms with Gasteiger partial charge in [-0.25, -0.2) is 0 Å². The van der Waals surface area contributed by atoms with Gasteiger partial charge in [-0.05, 0) is 13.8 Å². The van der Waals surface area contributed by atoms with Crippen molar-refractivity contribution in [2.24, 2.45) is 11.7 Å². The average Bonchev–Trinajstić information content (AvgIpc) is 2.14. The van der Waals surface area contributed by atoms with Gasteiger partial charge in [-0.2, -0.15) is 0 Å². The first-order valence-corrected chi connectivity index (χ1v) is 5.05. The van der Waals surface area contributed by atoms with Gasteiger partial charge in [-0.15, -0.1) is 0 Å². The highest BCUT2D eigenvalue weighted by molar-refractivity contribution is 5.78. The first-order chi connectivity index (χ1) is 6.49. The molecule has 0 aliphatic heterocycles. The van der Waals surface area contributed by atoms with E-state index in [1.54, 1.807) is 11.9 Å². The Balaban J connectivity index is 3.73. The fraction of sp³-hybridized carbons (Fsp3) is 0.900. The lowest BCUT2D eigenvalue weighted by molar-refractivity contribution is -0.134. The molecule has 0 rings (SSSR count). The van der Waals surface area contributed by atoms with Gasteiger partial charge in [0.2, 0.25) is 5.91 Å². The van der Waals surface area contributed by atoms with Gasteiger partial charge in [0.1, 0.15) is 0 Å². The largest absolute Gasteiger partial charge is 0.377 e. The zero-order valence-corrected chi connectivity index (χ0v) is 9.62. The van der Waals surface area contributed by atoms with Crippen LogP contribution in [0.25, 0.3) is 0 Å². The van der Waals surface area contributed by atoms with Crippen molar-refractivity contribution in [1.29, 1.82) is 0 Å². The minimum absolute atomic E-state index is 0.0832. The maximum atomic E-state index is 11.5. The number of rotatable bonds is 6. The predicted octanol–water partition coefficient (Wildman–Crippen LogP) is 0.465. The van der Waals surface area contributed by atoms with Gasteiger partial charge in [0.25, 0.3) is 0 Å². The Morgan fingerprint density at radius 3 is 2.43 bits per heavy atom. The highest BCUT2D eigenvalue weighted by atomic mass is 16.5. The molecule has 0 aliphatic carbocycles. The van der Waals surface area contributed by atoms with E-state index >= 15 is 0 Å². The molecule has 84 valence electrons. The SMILES string of the molecule is CC(C)OCCN(C)C(=O)C(C)CN. The van der Waals surface area contributed by atoms with Crippen molar-refractivity contribution in [3.05, 3.63) is 0 Å². The van der Waals surface area contributed by atoms with E-state index in [1.165, 1.54) is 0 Å². The number of nitrogens with zero attached hydrogens (tertiary/aromatic N) is 1. The predicted molar refractivity (Wildman–Crippen MR) is 56.9 cm³/mol. The molecule has 0 radical (unpaired) electrons. The van der Waals surface area contributed by atoms with Crippen molar-refractivity contribution in [2.45, 2.75) is 26.9 Å². The molecule has 0 bridgehead atoms. The molecule has 14 heavy (non-hydrogen) atoms. The maximum Gasteiger partial charge on any atom is 0.226 e. The topological polar surface area (TPSA) is 55.6 Å². The average molecular weight is 202 g/mol. The molecule has 4 nitrogen and oxygen atoms in total. The lowest BCUT2D eigenvalue weighted by Crippen LogP contribution is -2.37. The molecule has 1 atom stereocenters. The lowest BCUT2D eigenvalue weighted by atomic mass is 10.1. The van der Waals surface area contributed by atoms with Crippen LogP contribution in [0, 0.1) is 5.92 Å². The first-order valence-electron chi connectivity index (χ1n) is 5.05. The molecule has 0 fully saturated rings. The van der Waals surface area contributed by atoms with Gasteiger partial charge in [-0.3, -0.25) is 4.79 Å². The van der Waals surface area contributed by atoms with Crippen LogP contribution < -0.4 is 5.73 Å². The summed E-state index contributed by atoms with van der Waals surface area (Å²) in [7, 11) is 1.78. The first kappa shape index (κ1) is 13.4. The Labute approximate surface area is 86.4 Å². The second kappa shape index (κ2) is 6.79. The summed E-state index contributed by atoms with van der Waals surface area (Å²) in [6, 6.07) is 0. The molecule has 0 spiro atoms. The molecule has 0 saturated carbocycles. The van der Waals surface area contributed by atoms with Crippen molar-refractivity contribution in [1.82, 2.24) is 4.90 Å². The molecule has 0 aromatic carbocycles. The summed E-state index contributed by atoms with van der Waals surface area (Å²) >= 11 is 0. The molecule has 0 saturated heterocycles. The summed E-state index contributed by atoms with van der Waals surface area (Å²) in [6.45, 7) is 7.39. The zero-order chi connectivity index (χ0) is 11.1. The highest BCUT2D eigenvalue weighted by Crippen LogP contribution is 1.98. The van der Waals surface area contributed by atoms with Crippen LogP contribution in [0.4, 0.5) is 0 Å². The van der Waals surface area contributed by atoms with Crippen molar-refractivity contribution in [3.8, 4) is 0 Å². The zero-order valence-electron chi connectivity index (χ0n) is 9.62. The second-order valence-electron chi connectivity index (χ2n) is 3.82. The number of hydrogen-bond donors (Lipinski definition) is 1. The Kier molecular flexibility index (Phi) is 6.49. The van der Waals surface area contributed by atoms with E-state index < -0.39 is 0 Å². The molecular weight excluding hydrogens is 180 g/mol. The van der Waals surface area contributed by atoms with Gasteiger partial charge >= 0.3 is 0 Å². The molecule has 4 heteroatoms. The molecule has 0 aromatic heterocycles. The Bertz CT molecular complexity index is 172. The van der Waals surface area contributed by atoms with E-state index in [0.29, 0.717) is 19.7 Å². The fourth-order valence-electron chi connectivity index (χ4n) is 1.01. The van der Waals surface area contributed by atoms with Crippen LogP contribution in [0.5, 0.6) is 0 Å². The van der Waals surface area contributed by atoms with E-state index in [9.17, 15) is 4.79 Å². The molecule has 2 N–H and O–H groups in total. The van der Waals surface area contributed by atoms with Gasteiger partial charge in [0, 0.05) is 26.1 Å². The normalized spacial score (nSPS) is 13.0. The minimum Gasteiger partial charge on any atom is -0.377 e. The van der Waals surface area contributed by atoms with Crippen LogP contribution >= 0.6 is 0 Å².